The van der Waals surface area contributed by atoms with Gasteiger partial charge in [-0.3, -0.25) is 19.5 Å². The van der Waals surface area contributed by atoms with E-state index in [1.165, 1.54) is 49.8 Å². The van der Waals surface area contributed by atoms with Crippen LogP contribution in [0.3, 0.4) is 0 Å². The summed E-state index contributed by atoms with van der Waals surface area (Å²) in [6.07, 6.45) is 2.86. The van der Waals surface area contributed by atoms with Gasteiger partial charge >= 0.3 is 0 Å². The number of Topliss-reactive ketones (excluding diaryl/α,β-unsaturated/α-hetero) is 1. The minimum Gasteiger partial charge on any atom is -0.507 e. The number of carbonyl (C=O) groups is 2. The number of nitrogens with zero attached hydrogens (tertiary/aromatic N) is 2. The molecule has 2 aromatic carbocycles. The zero-order chi connectivity index (χ0) is 23.0. The number of amides is 1. The van der Waals surface area contributed by atoms with Crippen LogP contribution in [0.4, 0.5) is 14.5 Å². The van der Waals surface area contributed by atoms with Crippen molar-refractivity contribution in [3.63, 3.8) is 0 Å². The zero-order valence-electron chi connectivity index (χ0n) is 16.6. The van der Waals surface area contributed by atoms with Gasteiger partial charge in [0.2, 0.25) is 0 Å². The van der Waals surface area contributed by atoms with E-state index < -0.39 is 35.1 Å². The van der Waals surface area contributed by atoms with Crippen molar-refractivity contribution < 1.29 is 28.2 Å². The quantitative estimate of drug-likeness (QED) is 0.351. The molecule has 1 aliphatic heterocycles. The molecule has 3 aromatic rings. The summed E-state index contributed by atoms with van der Waals surface area (Å²) in [4.78, 5) is 30.8. The summed E-state index contributed by atoms with van der Waals surface area (Å²) >= 11 is 6.04. The number of hydrogen-bond acceptors (Lipinski definition) is 5. The van der Waals surface area contributed by atoms with E-state index in [9.17, 15) is 23.5 Å². The number of ketones is 1. The van der Waals surface area contributed by atoms with Gasteiger partial charge in [-0.25, -0.2) is 8.78 Å². The lowest BCUT2D eigenvalue weighted by Crippen LogP contribution is -2.30. The van der Waals surface area contributed by atoms with Crippen LogP contribution in [0.5, 0.6) is 5.75 Å². The van der Waals surface area contributed by atoms with Gasteiger partial charge in [-0.1, -0.05) is 11.6 Å². The minimum absolute atomic E-state index is 0.169. The molecule has 1 atom stereocenters. The number of aromatic nitrogens is 1. The Balaban J connectivity index is 1.96. The van der Waals surface area contributed by atoms with Gasteiger partial charge in [0, 0.05) is 24.0 Å². The largest absolute Gasteiger partial charge is 0.507 e. The lowest BCUT2D eigenvalue weighted by molar-refractivity contribution is -0.132. The van der Waals surface area contributed by atoms with Gasteiger partial charge in [-0.15, -0.1) is 0 Å². The number of aliphatic hydroxyl groups is 1. The van der Waals surface area contributed by atoms with Crippen molar-refractivity contribution in [3.8, 4) is 5.75 Å². The van der Waals surface area contributed by atoms with E-state index in [0.717, 1.165) is 17.0 Å². The smallest absolute Gasteiger partial charge is 0.300 e. The molecule has 4 rings (SSSR count). The van der Waals surface area contributed by atoms with Crippen molar-refractivity contribution in [1.29, 1.82) is 0 Å². The van der Waals surface area contributed by atoms with Crippen molar-refractivity contribution in [1.82, 2.24) is 4.98 Å². The van der Waals surface area contributed by atoms with Crippen LogP contribution >= 0.6 is 11.6 Å². The second-order valence-corrected chi connectivity index (χ2v) is 7.30. The Hall–Kier alpha value is -3.78. The van der Waals surface area contributed by atoms with E-state index in [1.54, 1.807) is 0 Å². The van der Waals surface area contributed by atoms with Gasteiger partial charge in [0.25, 0.3) is 11.7 Å². The van der Waals surface area contributed by atoms with Gasteiger partial charge in [0.05, 0.1) is 29.4 Å². The van der Waals surface area contributed by atoms with Gasteiger partial charge in [-0.05, 0) is 48.0 Å². The molecule has 0 saturated carbocycles. The fraction of sp³-hybridized carbons (Fsp3) is 0.0870. The van der Waals surface area contributed by atoms with E-state index in [1.807, 2.05) is 0 Å². The molecule has 0 spiro atoms. The average Bonchev–Trinajstić information content (AvgIpc) is 3.05. The highest BCUT2D eigenvalue weighted by Crippen LogP contribution is 2.43. The number of anilines is 1. The summed E-state index contributed by atoms with van der Waals surface area (Å²) in [5.74, 6) is -4.21. The molecule has 9 heteroatoms. The molecule has 1 saturated heterocycles. The number of methoxy groups -OCH3 is 1. The molecule has 1 unspecified atom stereocenters. The van der Waals surface area contributed by atoms with Crippen LogP contribution in [0.2, 0.25) is 5.02 Å². The van der Waals surface area contributed by atoms with Crippen LogP contribution in [0.1, 0.15) is 17.2 Å². The van der Waals surface area contributed by atoms with E-state index in [2.05, 4.69) is 4.98 Å². The van der Waals surface area contributed by atoms with E-state index in [4.69, 9.17) is 16.3 Å². The predicted molar refractivity (Wildman–Crippen MR) is 113 cm³/mol. The number of ether oxygens (including phenoxy) is 1. The minimum atomic E-state index is -1.18. The molecular formula is C23H15ClF2N2O4. The van der Waals surface area contributed by atoms with Crippen LogP contribution < -0.4 is 9.64 Å². The normalized spacial score (nSPS) is 17.6. The maximum Gasteiger partial charge on any atom is 0.300 e. The Kier molecular flexibility index (Phi) is 5.63. The SMILES string of the molecule is COc1cc(/C(O)=C2\C(=O)C(=O)N(c3ccc(F)cc3F)C2c2ccncc2)ccc1Cl. The van der Waals surface area contributed by atoms with Crippen molar-refractivity contribution in [3.05, 3.63) is 94.3 Å². The maximum atomic E-state index is 14.6. The monoisotopic (exact) mass is 456 g/mol. The van der Waals surface area contributed by atoms with Gasteiger partial charge < -0.3 is 9.84 Å². The lowest BCUT2D eigenvalue weighted by atomic mass is 9.95. The van der Waals surface area contributed by atoms with Crippen LogP contribution in [-0.2, 0) is 9.59 Å². The molecule has 1 fully saturated rings. The second kappa shape index (κ2) is 8.39. The lowest BCUT2D eigenvalue weighted by Gasteiger charge is -2.25. The van der Waals surface area contributed by atoms with Crippen molar-refractivity contribution in [2.24, 2.45) is 0 Å². The van der Waals surface area contributed by atoms with Crippen LogP contribution in [0.25, 0.3) is 5.76 Å². The summed E-state index contributed by atoms with van der Waals surface area (Å²) < 4.78 is 33.2. The van der Waals surface area contributed by atoms with Crippen LogP contribution in [0.15, 0.2) is 66.5 Å². The third-order valence-corrected chi connectivity index (χ3v) is 5.37. The molecule has 0 radical (unpaired) electrons. The number of aliphatic hydroxyl groups excluding tert-OH is 1. The van der Waals surface area contributed by atoms with Crippen molar-refractivity contribution in [2.45, 2.75) is 6.04 Å². The number of pyridine rings is 1. The Bertz CT molecular complexity index is 1260. The maximum absolute atomic E-state index is 14.6. The fourth-order valence-corrected chi connectivity index (χ4v) is 3.78. The highest BCUT2D eigenvalue weighted by atomic mass is 35.5. The van der Waals surface area contributed by atoms with E-state index >= 15 is 0 Å². The van der Waals surface area contributed by atoms with Crippen LogP contribution in [0, 0.1) is 11.6 Å². The topological polar surface area (TPSA) is 79.7 Å². The third kappa shape index (κ3) is 3.58. The number of benzene rings is 2. The molecule has 32 heavy (non-hydrogen) atoms. The fourth-order valence-electron chi connectivity index (χ4n) is 3.58. The van der Waals surface area contributed by atoms with Crippen molar-refractivity contribution in [2.75, 3.05) is 12.0 Å². The van der Waals surface area contributed by atoms with Gasteiger partial charge in [0.1, 0.15) is 23.1 Å². The standard InChI is InChI=1S/C23H15ClF2N2O4/c1-32-18-10-13(2-4-15(18)24)21(29)19-20(12-6-8-27-9-7-12)28(23(31)22(19)30)17-5-3-14(25)11-16(17)26/h2-11,20,29H,1H3/b21-19+. The first kappa shape index (κ1) is 21.5. The molecule has 6 nitrogen and oxygen atoms in total. The first-order valence-corrected chi connectivity index (χ1v) is 9.71. The number of carbonyl (C=O) groups excluding carboxylic acids is 2. The van der Waals surface area contributed by atoms with E-state index in [0.29, 0.717) is 11.6 Å². The molecule has 162 valence electrons. The first-order chi connectivity index (χ1) is 15.3. The summed E-state index contributed by atoms with van der Waals surface area (Å²) in [7, 11) is 1.39. The van der Waals surface area contributed by atoms with Crippen molar-refractivity contribution >= 4 is 34.7 Å². The number of halogens is 3. The highest BCUT2D eigenvalue weighted by molar-refractivity contribution is 6.51. The first-order valence-electron chi connectivity index (χ1n) is 9.33. The van der Waals surface area contributed by atoms with Crippen LogP contribution in [-0.4, -0.2) is 28.9 Å². The Morgan fingerprint density at radius 3 is 2.47 bits per heavy atom. The third-order valence-electron chi connectivity index (χ3n) is 5.06. The summed E-state index contributed by atoms with van der Waals surface area (Å²) in [5, 5.41) is 11.3. The molecule has 2 heterocycles. The van der Waals surface area contributed by atoms with Gasteiger partial charge in [-0.2, -0.15) is 0 Å². The Morgan fingerprint density at radius 2 is 1.81 bits per heavy atom. The Labute approximate surface area is 186 Å². The number of rotatable bonds is 4. The van der Waals surface area contributed by atoms with E-state index in [-0.39, 0.29) is 27.6 Å². The highest BCUT2D eigenvalue weighted by Gasteiger charge is 2.47. The average molecular weight is 457 g/mol. The molecular weight excluding hydrogens is 442 g/mol. The molecule has 1 aliphatic rings. The second-order valence-electron chi connectivity index (χ2n) is 6.89. The summed E-state index contributed by atoms with van der Waals surface area (Å²) in [6, 6.07) is 8.86. The zero-order valence-corrected chi connectivity index (χ0v) is 17.3. The Morgan fingerprint density at radius 1 is 1.09 bits per heavy atom. The summed E-state index contributed by atoms with van der Waals surface area (Å²) in [6.45, 7) is 0. The molecule has 1 aromatic heterocycles. The molecule has 0 aliphatic carbocycles. The van der Waals surface area contributed by atoms with Gasteiger partial charge in [0.15, 0.2) is 0 Å². The molecule has 0 bridgehead atoms. The predicted octanol–water partition coefficient (Wildman–Crippen LogP) is 4.65. The number of hydrogen-bond donors (Lipinski definition) is 1. The summed E-state index contributed by atoms with van der Waals surface area (Å²) in [5.41, 5.74) is -0.00867. The molecule has 1 N–H and O–H groups in total. The molecule has 1 amide bonds.